The van der Waals surface area contributed by atoms with Gasteiger partial charge in [0.15, 0.2) is 0 Å². The quantitative estimate of drug-likeness (QED) is 0.0320. The number of carbonyl (C=O) groups is 2. The molecule has 0 rings (SSSR count). The smallest absolute Gasteiger partial charge is 0.305 e. The summed E-state index contributed by atoms with van der Waals surface area (Å²) in [7, 11) is 0. The van der Waals surface area contributed by atoms with E-state index in [0.717, 1.165) is 64.2 Å². The second-order valence-electron chi connectivity index (χ2n) is 24.9. The molecule has 0 aromatic heterocycles. The first-order valence-electron chi connectivity index (χ1n) is 36.4. The number of nitrogens with one attached hydrogen (secondary N) is 1. The molecule has 81 heavy (non-hydrogen) atoms. The molecule has 3 N–H and O–H groups in total. The van der Waals surface area contributed by atoms with Crippen LogP contribution in [-0.4, -0.2) is 47.4 Å². The van der Waals surface area contributed by atoms with Crippen LogP contribution in [0.2, 0.25) is 0 Å². The lowest BCUT2D eigenvalue weighted by Gasteiger charge is -2.20. The van der Waals surface area contributed by atoms with Crippen molar-refractivity contribution in [2.45, 2.75) is 405 Å². The van der Waals surface area contributed by atoms with Gasteiger partial charge in [-0.15, -0.1) is 0 Å². The number of aliphatic hydroxyl groups excluding tert-OH is 2. The van der Waals surface area contributed by atoms with Crippen molar-refractivity contribution in [2.24, 2.45) is 0 Å². The highest BCUT2D eigenvalue weighted by Crippen LogP contribution is 2.18. The Balaban J connectivity index is 3.47. The summed E-state index contributed by atoms with van der Waals surface area (Å²) in [6, 6.07) is -0.638. The van der Waals surface area contributed by atoms with Gasteiger partial charge >= 0.3 is 5.97 Å². The van der Waals surface area contributed by atoms with Gasteiger partial charge in [0.2, 0.25) is 5.91 Å². The Bertz CT molecular complexity index is 1360. The minimum absolute atomic E-state index is 0.00361. The van der Waals surface area contributed by atoms with Crippen molar-refractivity contribution in [3.8, 4) is 0 Å². The summed E-state index contributed by atoms with van der Waals surface area (Å²) < 4.78 is 5.49. The minimum Gasteiger partial charge on any atom is -0.466 e. The van der Waals surface area contributed by atoms with Crippen molar-refractivity contribution < 1.29 is 24.5 Å². The van der Waals surface area contributed by atoms with Gasteiger partial charge < -0.3 is 20.3 Å². The Morgan fingerprint density at radius 3 is 0.951 bits per heavy atom. The zero-order valence-corrected chi connectivity index (χ0v) is 54.5. The molecule has 0 saturated heterocycles. The lowest BCUT2D eigenvalue weighted by atomic mass is 10.0. The maximum Gasteiger partial charge on any atom is 0.305 e. The molecular weight excluding hydrogens is 995 g/mol. The van der Waals surface area contributed by atoms with Crippen LogP contribution >= 0.6 is 0 Å². The van der Waals surface area contributed by atoms with Crippen molar-refractivity contribution in [3.05, 3.63) is 48.6 Å². The van der Waals surface area contributed by atoms with Gasteiger partial charge in [0.05, 0.1) is 25.4 Å². The fourth-order valence-corrected chi connectivity index (χ4v) is 11.3. The van der Waals surface area contributed by atoms with Gasteiger partial charge in [-0.05, 0) is 89.9 Å². The molecule has 0 radical (unpaired) electrons. The van der Waals surface area contributed by atoms with E-state index in [1.165, 1.54) is 302 Å². The van der Waals surface area contributed by atoms with Gasteiger partial charge in [0.25, 0.3) is 0 Å². The predicted molar refractivity (Wildman–Crippen MR) is 356 cm³/mol. The van der Waals surface area contributed by atoms with Crippen molar-refractivity contribution in [1.29, 1.82) is 0 Å². The summed E-state index contributed by atoms with van der Waals surface area (Å²) in [5.41, 5.74) is 0. The molecule has 0 heterocycles. The number of unbranched alkanes of at least 4 members (excludes halogenated alkanes) is 51. The van der Waals surface area contributed by atoms with Crippen LogP contribution in [0.15, 0.2) is 48.6 Å². The summed E-state index contributed by atoms with van der Waals surface area (Å²) in [4.78, 5) is 24.6. The number of amides is 1. The Morgan fingerprint density at radius 2 is 0.617 bits per heavy atom. The van der Waals surface area contributed by atoms with Gasteiger partial charge in [0, 0.05) is 12.8 Å². The third kappa shape index (κ3) is 66.8. The van der Waals surface area contributed by atoms with Crippen molar-refractivity contribution in [2.75, 3.05) is 13.2 Å². The number of hydrogen-bond acceptors (Lipinski definition) is 5. The summed E-state index contributed by atoms with van der Waals surface area (Å²) in [6.45, 7) is 4.92. The van der Waals surface area contributed by atoms with E-state index < -0.39 is 12.1 Å². The number of hydrogen-bond donors (Lipinski definition) is 3. The Morgan fingerprint density at radius 1 is 0.346 bits per heavy atom. The van der Waals surface area contributed by atoms with Gasteiger partial charge in [-0.2, -0.15) is 0 Å². The Kier molecular flexibility index (Phi) is 68.4. The molecule has 6 heteroatoms. The van der Waals surface area contributed by atoms with Crippen LogP contribution in [0.4, 0.5) is 0 Å². The molecule has 0 aromatic rings. The van der Waals surface area contributed by atoms with E-state index in [0.29, 0.717) is 19.4 Å². The fourth-order valence-electron chi connectivity index (χ4n) is 11.3. The van der Waals surface area contributed by atoms with Crippen LogP contribution in [0.3, 0.4) is 0 Å². The first-order chi connectivity index (χ1) is 40.0. The van der Waals surface area contributed by atoms with Crippen LogP contribution < -0.4 is 5.32 Å². The molecule has 0 spiro atoms. The van der Waals surface area contributed by atoms with E-state index >= 15 is 0 Å². The van der Waals surface area contributed by atoms with E-state index in [9.17, 15) is 19.8 Å². The van der Waals surface area contributed by atoms with Crippen molar-refractivity contribution >= 4 is 11.9 Å². The molecule has 0 aromatic carbocycles. The highest BCUT2D eigenvalue weighted by atomic mass is 16.5. The number of allylic oxidation sites excluding steroid dienone is 7. The van der Waals surface area contributed by atoms with Gasteiger partial charge in [-0.1, -0.05) is 339 Å². The van der Waals surface area contributed by atoms with Gasteiger partial charge in [0.1, 0.15) is 0 Å². The highest BCUT2D eigenvalue weighted by Gasteiger charge is 2.18. The van der Waals surface area contributed by atoms with Crippen LogP contribution in [-0.2, 0) is 14.3 Å². The van der Waals surface area contributed by atoms with Crippen LogP contribution in [0.1, 0.15) is 393 Å². The zero-order valence-electron chi connectivity index (χ0n) is 54.5. The van der Waals surface area contributed by atoms with E-state index in [-0.39, 0.29) is 18.5 Å². The molecule has 0 aliphatic heterocycles. The maximum absolute atomic E-state index is 12.5. The first kappa shape index (κ1) is 78.8. The number of aliphatic hydroxyl groups is 2. The molecule has 2 unspecified atom stereocenters. The molecule has 6 nitrogen and oxygen atoms in total. The maximum atomic E-state index is 12.5. The third-order valence-electron chi connectivity index (χ3n) is 16.8. The average molecular weight is 1140 g/mol. The zero-order chi connectivity index (χ0) is 58.5. The van der Waals surface area contributed by atoms with Crippen LogP contribution in [0.5, 0.6) is 0 Å². The monoisotopic (exact) mass is 1140 g/mol. The van der Waals surface area contributed by atoms with E-state index in [2.05, 4.69) is 55.6 Å². The average Bonchev–Trinajstić information content (AvgIpc) is 3.47. The minimum atomic E-state index is -0.854. The molecule has 476 valence electrons. The predicted octanol–water partition coefficient (Wildman–Crippen LogP) is 23.6. The van der Waals surface area contributed by atoms with Crippen LogP contribution in [0.25, 0.3) is 0 Å². The molecular formula is C75H141NO5. The molecule has 0 fully saturated rings. The molecule has 0 aliphatic carbocycles. The fraction of sp³-hybridized carbons (Fsp3) is 0.867. The second kappa shape index (κ2) is 70.3. The SMILES string of the molecule is CCCCCCCC/C=C\CCCCCCCCCC(=O)OCCCCCCCCCCC/C=C\C/C=C\CCCCCCCCCC(=O)NC(CO)C(O)/C=C/CCCCCCCCCCCCCCCCCCCCCCCC. The summed E-state index contributed by atoms with van der Waals surface area (Å²) in [5, 5.41) is 23.3. The van der Waals surface area contributed by atoms with Gasteiger partial charge in [-0.25, -0.2) is 0 Å². The molecule has 0 aliphatic rings. The standard InChI is InChI=1S/C75H141NO5/c1-3-5-7-9-11-13-15-17-19-21-22-23-24-26-29-32-36-39-43-47-51-55-59-63-67-73(78)72(71-77)76-74(79)68-64-60-56-52-48-44-40-37-33-30-27-25-28-31-34-38-42-46-50-54-58-62-66-70-81-75(80)69-65-61-57-53-49-45-41-35-20-18-16-14-12-10-8-6-4-2/h18,20,25,28,30,33,63,67,72-73,77-78H,3-17,19,21-24,26-27,29,31-32,34-62,64-66,68-71H2,1-2H3,(H,76,79)/b20-18-,28-25-,33-30-,67-63+. The van der Waals surface area contributed by atoms with Crippen LogP contribution in [0, 0.1) is 0 Å². The Hall–Kier alpha value is -2.18. The van der Waals surface area contributed by atoms with Crippen molar-refractivity contribution in [1.82, 2.24) is 5.32 Å². The number of carbonyl (C=O) groups excluding carboxylic acids is 2. The van der Waals surface area contributed by atoms with E-state index in [1.54, 1.807) is 6.08 Å². The largest absolute Gasteiger partial charge is 0.466 e. The number of ether oxygens (including phenoxy) is 1. The van der Waals surface area contributed by atoms with Gasteiger partial charge in [-0.3, -0.25) is 9.59 Å². The third-order valence-corrected chi connectivity index (χ3v) is 16.8. The Labute approximate surface area is 506 Å². The highest BCUT2D eigenvalue weighted by molar-refractivity contribution is 5.76. The van der Waals surface area contributed by atoms with E-state index in [4.69, 9.17) is 4.74 Å². The first-order valence-corrected chi connectivity index (χ1v) is 36.4. The topological polar surface area (TPSA) is 95.9 Å². The molecule has 1 amide bonds. The lowest BCUT2D eigenvalue weighted by molar-refractivity contribution is -0.143. The molecule has 2 atom stereocenters. The number of esters is 1. The molecule has 0 saturated carbocycles. The normalized spacial score (nSPS) is 12.8. The number of rotatable bonds is 68. The molecule has 0 bridgehead atoms. The summed E-state index contributed by atoms with van der Waals surface area (Å²) in [6.07, 6.45) is 91.9. The van der Waals surface area contributed by atoms with E-state index in [1.807, 2.05) is 6.08 Å². The summed E-state index contributed by atoms with van der Waals surface area (Å²) >= 11 is 0. The summed E-state index contributed by atoms with van der Waals surface area (Å²) in [5.74, 6) is -0.0714. The lowest BCUT2D eigenvalue weighted by Crippen LogP contribution is -2.45. The van der Waals surface area contributed by atoms with Crippen molar-refractivity contribution in [3.63, 3.8) is 0 Å². The second-order valence-corrected chi connectivity index (χ2v) is 24.9.